The summed E-state index contributed by atoms with van der Waals surface area (Å²) in [6.07, 6.45) is -9.86. The lowest BCUT2D eigenvalue weighted by Gasteiger charge is -2.24. The molecule has 118 valence electrons. The molecule has 0 heterocycles. The van der Waals surface area contributed by atoms with Gasteiger partial charge in [0.1, 0.15) is 0 Å². The molecule has 1 aromatic carbocycles. The number of carbonyl (C=O) groups is 1. The molecule has 1 aromatic rings. The van der Waals surface area contributed by atoms with Crippen molar-refractivity contribution in [2.45, 2.75) is 25.3 Å². The molecule has 1 rings (SSSR count). The van der Waals surface area contributed by atoms with Crippen LogP contribution in [0.5, 0.6) is 0 Å². The quantitative estimate of drug-likeness (QED) is 0.420. The second-order valence-corrected chi connectivity index (χ2v) is 4.70. The monoisotopic (exact) mass is 333 g/mol. The maximum atomic E-state index is 12.7. The fourth-order valence-electron chi connectivity index (χ4n) is 1.60. The van der Waals surface area contributed by atoms with E-state index in [4.69, 9.17) is 11.6 Å². The molecule has 1 unspecified atom stereocenters. The Morgan fingerprint density at radius 3 is 1.71 bits per heavy atom. The van der Waals surface area contributed by atoms with Gasteiger partial charge in [-0.05, 0) is 42.3 Å². The van der Waals surface area contributed by atoms with E-state index >= 15 is 0 Å². The zero-order valence-electron chi connectivity index (χ0n) is 10.8. The Morgan fingerprint density at radius 2 is 1.43 bits per heavy atom. The number of carbonyl (C=O) groups excluding carboxylic acids is 1. The largest absolute Gasteiger partial charge is 0.416 e. The molecule has 0 N–H and O–H groups in total. The van der Waals surface area contributed by atoms with Gasteiger partial charge in [0.05, 0.1) is 17.2 Å². The summed E-state index contributed by atoms with van der Waals surface area (Å²) in [5.74, 6) is 0. The van der Waals surface area contributed by atoms with Gasteiger partial charge in [-0.25, -0.2) is 0 Å². The second-order valence-electron chi connectivity index (χ2n) is 4.38. The number of hydrogen-bond donors (Lipinski definition) is 0. The van der Waals surface area contributed by atoms with E-state index in [0.29, 0.717) is 12.1 Å². The third-order valence-electron chi connectivity index (χ3n) is 2.95. The molecule has 0 radical (unpaired) electrons. The van der Waals surface area contributed by atoms with E-state index in [-0.39, 0.29) is 11.6 Å². The third-order valence-corrected chi connectivity index (χ3v) is 3.22. The summed E-state index contributed by atoms with van der Waals surface area (Å²) < 4.78 is 76.1. The van der Waals surface area contributed by atoms with Gasteiger partial charge < -0.3 is 4.90 Å². The van der Waals surface area contributed by atoms with Crippen molar-refractivity contribution in [2.24, 2.45) is 0 Å². The molecule has 0 spiro atoms. The van der Waals surface area contributed by atoms with Crippen LogP contribution in [0.1, 0.15) is 29.7 Å². The van der Waals surface area contributed by atoms with Crippen LogP contribution >= 0.6 is 11.6 Å². The molecule has 21 heavy (non-hydrogen) atoms. The Kier molecular flexibility index (Phi) is 4.82. The van der Waals surface area contributed by atoms with Crippen LogP contribution in [0.2, 0.25) is 0 Å². The molecule has 9 heteroatoms. The first-order chi connectivity index (χ1) is 9.34. The molecule has 0 aliphatic heterocycles. The maximum absolute atomic E-state index is 12.7. The van der Waals surface area contributed by atoms with Gasteiger partial charge in [0.25, 0.3) is 0 Å². The minimum absolute atomic E-state index is 0.0265. The standard InChI is InChI=1S/C12H10ClF6NO/c1-6(20(2)10(13)21)7-3-8(11(14,15)16)5-9(4-7)12(17,18)19/h3-6H,1-2H3. The van der Waals surface area contributed by atoms with Gasteiger partial charge in [-0.1, -0.05) is 0 Å². The van der Waals surface area contributed by atoms with Crippen molar-refractivity contribution in [3.63, 3.8) is 0 Å². The van der Waals surface area contributed by atoms with Crippen molar-refractivity contribution in [1.29, 1.82) is 0 Å². The predicted octanol–water partition coefficient (Wildman–Crippen LogP) is 5.08. The number of hydrogen-bond acceptors (Lipinski definition) is 1. The molecule has 0 aliphatic carbocycles. The van der Waals surface area contributed by atoms with Gasteiger partial charge in [-0.15, -0.1) is 0 Å². The molecular weight excluding hydrogens is 324 g/mol. The fraction of sp³-hybridized carbons (Fsp3) is 0.417. The Morgan fingerprint density at radius 1 is 1.05 bits per heavy atom. The molecule has 0 saturated carbocycles. The first kappa shape index (κ1) is 17.6. The van der Waals surface area contributed by atoms with E-state index in [9.17, 15) is 31.1 Å². The molecule has 0 aliphatic rings. The van der Waals surface area contributed by atoms with Crippen molar-refractivity contribution in [3.8, 4) is 0 Å². The average Bonchev–Trinajstić information content (AvgIpc) is 2.34. The van der Waals surface area contributed by atoms with Crippen molar-refractivity contribution in [1.82, 2.24) is 4.90 Å². The van der Waals surface area contributed by atoms with Gasteiger partial charge in [0.15, 0.2) is 0 Å². The third kappa shape index (κ3) is 4.26. The molecule has 0 bridgehead atoms. The van der Waals surface area contributed by atoms with Crippen LogP contribution < -0.4 is 0 Å². The Labute approximate surface area is 121 Å². The normalized spacial score (nSPS) is 14.0. The highest BCUT2D eigenvalue weighted by Gasteiger charge is 2.37. The molecular formula is C12H10ClF6NO. The predicted molar refractivity (Wildman–Crippen MR) is 63.9 cm³/mol. The summed E-state index contributed by atoms with van der Waals surface area (Å²) in [5, 5.41) is -0.992. The molecule has 0 fully saturated rings. The van der Waals surface area contributed by atoms with Gasteiger partial charge in [0.2, 0.25) is 0 Å². The Bertz CT molecular complexity index is 507. The zero-order valence-corrected chi connectivity index (χ0v) is 11.6. The van der Waals surface area contributed by atoms with Crippen molar-refractivity contribution < 1.29 is 31.1 Å². The van der Waals surface area contributed by atoms with Crippen molar-refractivity contribution >= 4 is 17.0 Å². The van der Waals surface area contributed by atoms with Crippen molar-refractivity contribution in [2.75, 3.05) is 7.05 Å². The van der Waals surface area contributed by atoms with E-state index in [1.54, 1.807) is 0 Å². The van der Waals surface area contributed by atoms with Gasteiger partial charge in [0, 0.05) is 7.05 Å². The number of nitrogens with zero attached hydrogens (tertiary/aromatic N) is 1. The topological polar surface area (TPSA) is 20.3 Å². The average molecular weight is 334 g/mol. The lowest BCUT2D eigenvalue weighted by Crippen LogP contribution is -2.25. The number of amides is 1. The zero-order chi connectivity index (χ0) is 16.6. The molecule has 2 nitrogen and oxygen atoms in total. The first-order valence-corrected chi connectivity index (χ1v) is 5.93. The van der Waals surface area contributed by atoms with E-state index in [2.05, 4.69) is 0 Å². The maximum Gasteiger partial charge on any atom is 0.416 e. The van der Waals surface area contributed by atoms with Crippen LogP contribution in [0.3, 0.4) is 0 Å². The summed E-state index contributed by atoms with van der Waals surface area (Å²) in [6, 6.07) is 0.115. The summed E-state index contributed by atoms with van der Waals surface area (Å²) in [5.41, 5.74) is -3.18. The van der Waals surface area contributed by atoms with Gasteiger partial charge in [-0.2, -0.15) is 26.3 Å². The van der Waals surface area contributed by atoms with Crippen LogP contribution in [0.4, 0.5) is 31.1 Å². The van der Waals surface area contributed by atoms with E-state index in [1.807, 2.05) is 0 Å². The Balaban J connectivity index is 3.42. The molecule has 1 amide bonds. The summed E-state index contributed by atoms with van der Waals surface area (Å²) >= 11 is 5.17. The summed E-state index contributed by atoms with van der Waals surface area (Å²) in [7, 11) is 1.17. The lowest BCUT2D eigenvalue weighted by molar-refractivity contribution is -0.143. The molecule has 0 saturated heterocycles. The minimum atomic E-state index is -4.93. The summed E-state index contributed by atoms with van der Waals surface area (Å²) in [6.45, 7) is 1.27. The van der Waals surface area contributed by atoms with Crippen LogP contribution in [0.25, 0.3) is 0 Å². The van der Waals surface area contributed by atoms with E-state index in [0.717, 1.165) is 4.90 Å². The number of alkyl halides is 6. The highest BCUT2D eigenvalue weighted by Crippen LogP contribution is 2.38. The van der Waals surface area contributed by atoms with Crippen LogP contribution in [-0.4, -0.2) is 17.3 Å². The van der Waals surface area contributed by atoms with Crippen LogP contribution in [0, 0.1) is 0 Å². The van der Waals surface area contributed by atoms with E-state index < -0.39 is 34.9 Å². The highest BCUT2D eigenvalue weighted by molar-refractivity contribution is 6.62. The van der Waals surface area contributed by atoms with Crippen LogP contribution in [-0.2, 0) is 12.4 Å². The van der Waals surface area contributed by atoms with Crippen molar-refractivity contribution in [3.05, 3.63) is 34.9 Å². The smallest absolute Gasteiger partial charge is 0.326 e. The number of benzene rings is 1. The lowest BCUT2D eigenvalue weighted by atomic mass is 10.00. The van der Waals surface area contributed by atoms with Gasteiger partial charge in [-0.3, -0.25) is 4.79 Å². The number of rotatable bonds is 2. The molecule has 0 aromatic heterocycles. The Hall–Kier alpha value is -1.44. The second kappa shape index (κ2) is 5.75. The molecule has 1 atom stereocenters. The summed E-state index contributed by atoms with van der Waals surface area (Å²) in [4.78, 5) is 11.8. The van der Waals surface area contributed by atoms with Gasteiger partial charge >= 0.3 is 17.7 Å². The minimum Gasteiger partial charge on any atom is -0.326 e. The fourth-order valence-corrected chi connectivity index (χ4v) is 1.74. The highest BCUT2D eigenvalue weighted by atomic mass is 35.5. The van der Waals surface area contributed by atoms with Crippen LogP contribution in [0.15, 0.2) is 18.2 Å². The van der Waals surface area contributed by atoms with E-state index in [1.165, 1.54) is 14.0 Å². The number of halogens is 7. The SMILES string of the molecule is CC(c1cc(C(F)(F)F)cc(C(F)(F)F)c1)N(C)C(=O)Cl. The first-order valence-electron chi connectivity index (χ1n) is 5.55.